The van der Waals surface area contributed by atoms with Gasteiger partial charge in [-0.15, -0.1) is 11.8 Å². The van der Waals surface area contributed by atoms with E-state index in [2.05, 4.69) is 0 Å². The molecule has 0 saturated carbocycles. The Morgan fingerprint density at radius 1 is 1.42 bits per heavy atom. The van der Waals surface area contributed by atoms with Crippen molar-refractivity contribution in [3.05, 3.63) is 28.8 Å². The van der Waals surface area contributed by atoms with Crippen molar-refractivity contribution in [1.82, 2.24) is 0 Å². The molecule has 0 radical (unpaired) electrons. The maximum atomic E-state index is 11.7. The molecule has 0 aliphatic carbocycles. The first-order chi connectivity index (χ1) is 8.99. The van der Waals surface area contributed by atoms with Gasteiger partial charge in [0.15, 0.2) is 0 Å². The molecule has 1 atom stereocenters. The number of carboxylic acids is 1. The van der Waals surface area contributed by atoms with E-state index in [0.717, 1.165) is 0 Å². The molecule has 1 aromatic carbocycles. The molecule has 0 aromatic heterocycles. The minimum Gasteiger partial charge on any atom is -0.478 e. The molecular weight excluding hydrogens is 288 g/mol. The van der Waals surface area contributed by atoms with E-state index < -0.39 is 5.97 Å². The number of esters is 1. The van der Waals surface area contributed by atoms with Crippen molar-refractivity contribution in [3.8, 4) is 0 Å². The largest absolute Gasteiger partial charge is 0.478 e. The molecule has 0 aliphatic rings. The monoisotopic (exact) mass is 302 g/mol. The third-order valence-electron chi connectivity index (χ3n) is 2.37. The zero-order valence-electron chi connectivity index (χ0n) is 10.7. The predicted octanol–water partition coefficient (Wildman–Crippen LogP) is 3.47. The lowest BCUT2D eigenvalue weighted by molar-refractivity contribution is -0.142. The van der Waals surface area contributed by atoms with Crippen LogP contribution in [0.3, 0.4) is 0 Å². The van der Waals surface area contributed by atoms with Crippen molar-refractivity contribution < 1.29 is 19.4 Å². The normalized spacial score (nSPS) is 11.9. The van der Waals surface area contributed by atoms with Crippen LogP contribution < -0.4 is 0 Å². The van der Waals surface area contributed by atoms with E-state index in [1.165, 1.54) is 23.9 Å². The molecule has 0 heterocycles. The van der Waals surface area contributed by atoms with Gasteiger partial charge in [0, 0.05) is 4.90 Å². The van der Waals surface area contributed by atoms with Crippen molar-refractivity contribution in [2.24, 2.45) is 0 Å². The lowest BCUT2D eigenvalue weighted by Gasteiger charge is -2.13. The number of carbonyl (C=O) groups excluding carboxylic acids is 1. The van der Waals surface area contributed by atoms with Gasteiger partial charge in [0.05, 0.1) is 17.2 Å². The van der Waals surface area contributed by atoms with Gasteiger partial charge in [-0.2, -0.15) is 0 Å². The fraction of sp³-hybridized carbons (Fsp3) is 0.385. The van der Waals surface area contributed by atoms with Crippen molar-refractivity contribution >= 4 is 35.3 Å². The van der Waals surface area contributed by atoms with Gasteiger partial charge in [-0.1, -0.05) is 18.5 Å². The first-order valence-electron chi connectivity index (χ1n) is 5.85. The number of carboxylic acid groups (broad SMARTS) is 1. The zero-order chi connectivity index (χ0) is 14.4. The molecule has 1 rings (SSSR count). The summed E-state index contributed by atoms with van der Waals surface area (Å²) in [4.78, 5) is 23.3. The van der Waals surface area contributed by atoms with Crippen molar-refractivity contribution in [3.63, 3.8) is 0 Å². The highest BCUT2D eigenvalue weighted by Gasteiger charge is 2.20. The maximum absolute atomic E-state index is 11.7. The van der Waals surface area contributed by atoms with E-state index in [0.29, 0.717) is 17.9 Å². The van der Waals surface area contributed by atoms with E-state index in [1.54, 1.807) is 13.0 Å². The predicted molar refractivity (Wildman–Crippen MR) is 75.0 cm³/mol. The topological polar surface area (TPSA) is 63.6 Å². The van der Waals surface area contributed by atoms with Crippen LogP contribution in [0.4, 0.5) is 0 Å². The Labute approximate surface area is 121 Å². The Balaban J connectivity index is 2.89. The van der Waals surface area contributed by atoms with Gasteiger partial charge in [-0.25, -0.2) is 4.79 Å². The van der Waals surface area contributed by atoms with Gasteiger partial charge in [0.1, 0.15) is 5.25 Å². The fourth-order valence-corrected chi connectivity index (χ4v) is 2.63. The number of carbonyl (C=O) groups is 2. The number of benzene rings is 1. The Morgan fingerprint density at radius 3 is 2.63 bits per heavy atom. The molecule has 1 N–H and O–H groups in total. The molecule has 4 nitrogen and oxygen atoms in total. The van der Waals surface area contributed by atoms with Gasteiger partial charge in [-0.05, 0) is 31.5 Å². The highest BCUT2D eigenvalue weighted by molar-refractivity contribution is 8.00. The SMILES string of the molecule is CCOC(=O)C(CC)Sc1ccc(Cl)c(C(=O)O)c1. The van der Waals surface area contributed by atoms with Crippen LogP contribution in [0.25, 0.3) is 0 Å². The van der Waals surface area contributed by atoms with Crippen molar-refractivity contribution in [2.45, 2.75) is 30.4 Å². The van der Waals surface area contributed by atoms with E-state index in [1.807, 2.05) is 6.92 Å². The van der Waals surface area contributed by atoms with E-state index in [4.69, 9.17) is 21.4 Å². The number of halogens is 1. The quantitative estimate of drug-likeness (QED) is 0.644. The van der Waals surface area contributed by atoms with Crippen LogP contribution in [-0.4, -0.2) is 28.9 Å². The molecule has 1 aromatic rings. The smallest absolute Gasteiger partial charge is 0.337 e. The first-order valence-corrected chi connectivity index (χ1v) is 7.11. The second-order valence-corrected chi connectivity index (χ2v) is 5.40. The van der Waals surface area contributed by atoms with E-state index in [-0.39, 0.29) is 21.8 Å². The zero-order valence-corrected chi connectivity index (χ0v) is 12.3. The van der Waals surface area contributed by atoms with Crippen LogP contribution in [0.5, 0.6) is 0 Å². The molecule has 0 spiro atoms. The minimum atomic E-state index is -1.09. The second-order valence-electron chi connectivity index (χ2n) is 3.71. The molecule has 0 aliphatic heterocycles. The van der Waals surface area contributed by atoms with Crippen molar-refractivity contribution in [1.29, 1.82) is 0 Å². The first kappa shape index (κ1) is 15.9. The van der Waals surface area contributed by atoms with Gasteiger partial charge in [0.2, 0.25) is 0 Å². The van der Waals surface area contributed by atoms with E-state index in [9.17, 15) is 9.59 Å². The standard InChI is InChI=1S/C13H15ClO4S/c1-3-11(13(17)18-4-2)19-8-5-6-10(14)9(7-8)12(15)16/h5-7,11H,3-4H2,1-2H3,(H,15,16). The number of aromatic carboxylic acids is 1. The number of thioether (sulfide) groups is 1. The summed E-state index contributed by atoms with van der Waals surface area (Å²) in [5, 5.41) is 8.83. The van der Waals surface area contributed by atoms with Crippen molar-refractivity contribution in [2.75, 3.05) is 6.61 Å². The third-order valence-corrected chi connectivity index (χ3v) is 4.03. The van der Waals surface area contributed by atoms with Gasteiger partial charge in [0.25, 0.3) is 0 Å². The summed E-state index contributed by atoms with van der Waals surface area (Å²) in [6.45, 7) is 3.96. The average molecular weight is 303 g/mol. The summed E-state index contributed by atoms with van der Waals surface area (Å²) < 4.78 is 4.97. The van der Waals surface area contributed by atoms with Gasteiger partial charge >= 0.3 is 11.9 Å². The molecule has 0 saturated heterocycles. The average Bonchev–Trinajstić information content (AvgIpc) is 2.37. The molecule has 0 amide bonds. The summed E-state index contributed by atoms with van der Waals surface area (Å²) >= 11 is 7.07. The number of rotatable bonds is 6. The summed E-state index contributed by atoms with van der Waals surface area (Å²) in [6.07, 6.45) is 0.606. The Morgan fingerprint density at radius 2 is 2.11 bits per heavy atom. The number of ether oxygens (including phenoxy) is 1. The minimum absolute atomic E-state index is 0.0328. The number of hydrogen-bond donors (Lipinski definition) is 1. The molecular formula is C13H15ClO4S. The summed E-state index contributed by atoms with van der Waals surface area (Å²) in [7, 11) is 0. The molecule has 0 fully saturated rings. The third kappa shape index (κ3) is 4.44. The Kier molecular flexibility index (Phi) is 6.18. The summed E-state index contributed by atoms with van der Waals surface area (Å²) in [5.74, 6) is -1.38. The second kappa shape index (κ2) is 7.40. The van der Waals surface area contributed by atoms with Crippen LogP contribution in [0, 0.1) is 0 Å². The highest BCUT2D eigenvalue weighted by atomic mass is 35.5. The van der Waals surface area contributed by atoms with Crippen LogP contribution in [0.1, 0.15) is 30.6 Å². The maximum Gasteiger partial charge on any atom is 0.337 e. The lowest BCUT2D eigenvalue weighted by atomic mass is 10.2. The molecule has 0 bridgehead atoms. The lowest BCUT2D eigenvalue weighted by Crippen LogP contribution is -2.19. The van der Waals surface area contributed by atoms with E-state index >= 15 is 0 Å². The highest BCUT2D eigenvalue weighted by Crippen LogP contribution is 2.29. The Bertz CT molecular complexity index is 476. The Hall–Kier alpha value is -1.20. The van der Waals surface area contributed by atoms with Crippen LogP contribution in [0.15, 0.2) is 23.1 Å². The van der Waals surface area contributed by atoms with Gasteiger partial charge in [-0.3, -0.25) is 4.79 Å². The molecule has 6 heteroatoms. The molecule has 19 heavy (non-hydrogen) atoms. The number of hydrogen-bond acceptors (Lipinski definition) is 4. The summed E-state index contributed by atoms with van der Waals surface area (Å²) in [6, 6.07) is 4.68. The molecule has 1 unspecified atom stereocenters. The fourth-order valence-electron chi connectivity index (χ4n) is 1.44. The summed E-state index contributed by atoms with van der Waals surface area (Å²) in [5.41, 5.74) is 0.0328. The van der Waals surface area contributed by atoms with Crippen LogP contribution in [0.2, 0.25) is 5.02 Å². The van der Waals surface area contributed by atoms with Crippen LogP contribution in [-0.2, 0) is 9.53 Å². The molecule has 104 valence electrons. The van der Waals surface area contributed by atoms with Gasteiger partial charge < -0.3 is 9.84 Å². The van der Waals surface area contributed by atoms with Crippen LogP contribution >= 0.6 is 23.4 Å².